The number of hydrogen-bond acceptors (Lipinski definition) is 4. The van der Waals surface area contributed by atoms with E-state index in [1.54, 1.807) is 18.3 Å². The monoisotopic (exact) mass is 635 g/mol. The van der Waals surface area contributed by atoms with Crippen LogP contribution in [-0.2, 0) is 20.1 Å². The Labute approximate surface area is 223 Å². The summed E-state index contributed by atoms with van der Waals surface area (Å²) in [5.41, 5.74) is 2.48. The molecule has 3 heterocycles. The van der Waals surface area contributed by atoms with Gasteiger partial charge in [-0.1, -0.05) is 48.7 Å². The van der Waals surface area contributed by atoms with Crippen molar-refractivity contribution in [3.05, 3.63) is 116 Å². The molecule has 0 spiro atoms. The van der Waals surface area contributed by atoms with E-state index in [9.17, 15) is 0 Å². The standard InChI is InChI=1S/C17H13N2S.C11H12N.Ir/c1-4-10-18-12(3)13-6-5-7-14-15-9-8-11(2)19-17(15)20-16(13)14;1-3-4-7-10(2)11-8-5-6-9-12-11;/h4-5,7-10H,1,3H2,2H3;3,5-9H,1-2,4H2;/q2*-1;/i1D,2D3,3D,4D,10D;;. The van der Waals surface area contributed by atoms with Crippen LogP contribution in [0.2, 0.25) is 0 Å². The van der Waals surface area contributed by atoms with Crippen LogP contribution in [0.25, 0.3) is 31.6 Å². The van der Waals surface area contributed by atoms with Gasteiger partial charge in [-0.3, -0.25) is 0 Å². The molecule has 0 saturated carbocycles. The van der Waals surface area contributed by atoms with Gasteiger partial charge in [0, 0.05) is 43.7 Å². The van der Waals surface area contributed by atoms with Gasteiger partial charge in [0.05, 0.1) is 4.11 Å². The van der Waals surface area contributed by atoms with Crippen LogP contribution < -0.4 is 0 Å². The Morgan fingerprint density at radius 3 is 2.97 bits per heavy atom. The predicted molar refractivity (Wildman–Crippen MR) is 141 cm³/mol. The van der Waals surface area contributed by atoms with Crippen molar-refractivity contribution in [2.24, 2.45) is 4.99 Å². The SMILES string of the molecule is C=CC[CH-]C(=C)c1ccccn1.[2H]C=C([2H])C([2H])=NC(=C[2H])c1[c-]ccc2c1sc1nc(C([2H])([2H])[2H])ccc12.[Ir]. The average Bonchev–Trinajstić information content (AvgIpc) is 3.32. The molecule has 0 bridgehead atoms. The van der Waals surface area contributed by atoms with E-state index >= 15 is 0 Å². The molecule has 0 aliphatic carbocycles. The number of pyridine rings is 2. The molecule has 0 unspecified atom stereocenters. The summed E-state index contributed by atoms with van der Waals surface area (Å²) in [6, 6.07) is 15.1. The molecule has 0 aliphatic rings. The first-order valence-electron chi connectivity index (χ1n) is 13.2. The van der Waals surface area contributed by atoms with E-state index in [1.165, 1.54) is 17.4 Å². The minimum atomic E-state index is -2.30. The molecule has 169 valence electrons. The van der Waals surface area contributed by atoms with Crippen molar-refractivity contribution in [3.8, 4) is 0 Å². The van der Waals surface area contributed by atoms with Crippen molar-refractivity contribution in [2.45, 2.75) is 13.3 Å². The number of fused-ring (bicyclic) bond motifs is 3. The molecule has 0 saturated heterocycles. The Balaban J connectivity index is 0.000000363. The molecule has 1 aromatic carbocycles. The Bertz CT molecular complexity index is 1580. The fourth-order valence-electron chi connectivity index (χ4n) is 2.84. The molecule has 4 rings (SSSR count). The summed E-state index contributed by atoms with van der Waals surface area (Å²) in [7, 11) is 0. The van der Waals surface area contributed by atoms with E-state index in [-0.39, 0.29) is 37.5 Å². The van der Waals surface area contributed by atoms with Gasteiger partial charge in [0.1, 0.15) is 4.83 Å². The number of aryl methyl sites for hydroxylation is 1. The summed E-state index contributed by atoms with van der Waals surface area (Å²) in [6.07, 6.45) is 6.03. The second-order valence-electron chi connectivity index (χ2n) is 6.47. The number of aliphatic imine (C=N–C) groups is 1. The van der Waals surface area contributed by atoms with Gasteiger partial charge in [0.2, 0.25) is 0 Å². The van der Waals surface area contributed by atoms with Crippen LogP contribution in [0.1, 0.15) is 33.0 Å². The zero-order chi connectivity index (χ0) is 28.6. The second-order valence-corrected chi connectivity index (χ2v) is 7.47. The number of hydrogen-bond donors (Lipinski definition) is 0. The van der Waals surface area contributed by atoms with Crippen LogP contribution in [0.5, 0.6) is 0 Å². The van der Waals surface area contributed by atoms with Gasteiger partial charge in [-0.15, -0.1) is 36.9 Å². The first-order valence-corrected chi connectivity index (χ1v) is 10.4. The van der Waals surface area contributed by atoms with Crippen molar-refractivity contribution >= 4 is 49.1 Å². The van der Waals surface area contributed by atoms with Crippen molar-refractivity contribution in [1.82, 2.24) is 9.97 Å². The smallest absolute Gasteiger partial charge is 0.113 e. The zero-order valence-electron chi connectivity index (χ0n) is 24.6. The van der Waals surface area contributed by atoms with Gasteiger partial charge in [-0.05, 0) is 40.5 Å². The number of allylic oxidation sites excluding steroid dienone is 3. The molecule has 5 heteroatoms. The summed E-state index contributed by atoms with van der Waals surface area (Å²) >= 11 is 1.26. The van der Waals surface area contributed by atoms with E-state index in [4.69, 9.17) is 9.60 Å². The molecule has 0 atom stereocenters. The molecule has 3 aromatic heterocycles. The Morgan fingerprint density at radius 1 is 1.33 bits per heavy atom. The van der Waals surface area contributed by atoms with Crippen LogP contribution >= 0.6 is 11.3 Å². The molecule has 3 nitrogen and oxygen atoms in total. The number of nitrogens with zero attached hydrogens (tertiary/aromatic N) is 3. The quantitative estimate of drug-likeness (QED) is 0.119. The number of benzene rings is 1. The summed E-state index contributed by atoms with van der Waals surface area (Å²) in [5.74, 6) is 0. The average molecular weight is 635 g/mol. The molecule has 0 amide bonds. The minimum absolute atomic E-state index is 0. The first kappa shape index (κ1) is 17.4. The predicted octanol–water partition coefficient (Wildman–Crippen LogP) is 7.66. The Kier molecular flexibility index (Phi) is 6.74. The van der Waals surface area contributed by atoms with Crippen molar-refractivity contribution < 1.29 is 29.7 Å². The third-order valence-electron chi connectivity index (χ3n) is 4.32. The van der Waals surface area contributed by atoms with Crippen LogP contribution in [-0.4, -0.2) is 16.2 Å². The van der Waals surface area contributed by atoms with E-state index in [0.29, 0.717) is 21.6 Å². The Hall–Kier alpha value is -3.11. The molecule has 0 fully saturated rings. The van der Waals surface area contributed by atoms with E-state index in [0.717, 1.165) is 35.0 Å². The number of thiophene rings is 1. The van der Waals surface area contributed by atoms with Gasteiger partial charge in [-0.2, -0.15) is 29.9 Å². The Morgan fingerprint density at radius 2 is 2.24 bits per heavy atom. The third kappa shape index (κ3) is 6.69. The van der Waals surface area contributed by atoms with Crippen molar-refractivity contribution in [1.29, 1.82) is 0 Å². The van der Waals surface area contributed by atoms with Gasteiger partial charge in [0.25, 0.3) is 0 Å². The van der Waals surface area contributed by atoms with E-state index in [2.05, 4.69) is 34.2 Å². The summed E-state index contributed by atoms with van der Waals surface area (Å²) in [6.45, 7) is 6.89. The van der Waals surface area contributed by atoms with Crippen LogP contribution in [0.15, 0.2) is 92.0 Å². The maximum atomic E-state index is 7.74. The summed E-state index contributed by atoms with van der Waals surface area (Å²) in [4.78, 5) is 12.9. The molecular weight excluding hydrogens is 603 g/mol. The molecule has 4 aromatic rings. The van der Waals surface area contributed by atoms with E-state index in [1.807, 2.05) is 36.8 Å². The maximum absolute atomic E-state index is 7.74. The van der Waals surface area contributed by atoms with Gasteiger partial charge in [-0.25, -0.2) is 4.98 Å². The molecule has 1 radical (unpaired) electrons. The van der Waals surface area contributed by atoms with Gasteiger partial charge in [0.15, 0.2) is 0 Å². The van der Waals surface area contributed by atoms with Gasteiger partial charge >= 0.3 is 0 Å². The second kappa shape index (κ2) is 12.8. The van der Waals surface area contributed by atoms with Gasteiger partial charge < -0.3 is 9.98 Å². The molecule has 33 heavy (non-hydrogen) atoms. The van der Waals surface area contributed by atoms with E-state index < -0.39 is 13.0 Å². The molecule has 0 N–H and O–H groups in total. The van der Waals surface area contributed by atoms with Crippen LogP contribution in [0, 0.1) is 19.3 Å². The first-order chi connectivity index (χ1) is 18.6. The molecule has 0 aliphatic heterocycles. The summed E-state index contributed by atoms with van der Waals surface area (Å²) in [5, 5.41) is 1.60. The topological polar surface area (TPSA) is 38.1 Å². The normalized spacial score (nSPS) is 15.3. The summed E-state index contributed by atoms with van der Waals surface area (Å²) < 4.78 is 53.2. The maximum Gasteiger partial charge on any atom is 0.113 e. The van der Waals surface area contributed by atoms with Crippen LogP contribution in [0.4, 0.5) is 0 Å². The minimum Gasteiger partial charge on any atom is -0.321 e. The fourth-order valence-corrected chi connectivity index (χ4v) is 4.02. The fraction of sp³-hybridized carbons (Fsp3) is 0.0714. The number of aromatic nitrogens is 2. The zero-order valence-corrected chi connectivity index (χ0v) is 20.8. The van der Waals surface area contributed by atoms with Crippen LogP contribution in [0.3, 0.4) is 0 Å². The third-order valence-corrected chi connectivity index (χ3v) is 5.45. The number of rotatable bonds is 7. The molecular formula is C28H25IrN3S-2. The largest absolute Gasteiger partial charge is 0.321 e. The van der Waals surface area contributed by atoms with Crippen molar-refractivity contribution in [2.75, 3.05) is 0 Å². The van der Waals surface area contributed by atoms with Crippen molar-refractivity contribution in [3.63, 3.8) is 0 Å².